The Morgan fingerprint density at radius 1 is 1.68 bits per heavy atom. The Morgan fingerprint density at radius 2 is 2.47 bits per heavy atom. The fourth-order valence-corrected chi connectivity index (χ4v) is 2.50. The summed E-state index contributed by atoms with van der Waals surface area (Å²) in [6, 6.07) is 0.000515. The van der Waals surface area contributed by atoms with Gasteiger partial charge in [-0.15, -0.1) is 0 Å². The summed E-state index contributed by atoms with van der Waals surface area (Å²) >= 11 is 0. The van der Waals surface area contributed by atoms with Crippen molar-refractivity contribution in [3.63, 3.8) is 0 Å². The monoisotopic (exact) mass is 266 g/mol. The molecule has 1 aromatic heterocycles. The molecule has 1 aromatic rings. The van der Waals surface area contributed by atoms with Gasteiger partial charge in [0.1, 0.15) is 11.9 Å². The van der Waals surface area contributed by atoms with Crippen molar-refractivity contribution < 1.29 is 9.53 Å². The van der Waals surface area contributed by atoms with Crippen LogP contribution in [-0.2, 0) is 16.6 Å². The van der Waals surface area contributed by atoms with E-state index >= 15 is 0 Å². The molecule has 2 unspecified atom stereocenters. The molecule has 0 bridgehead atoms. The number of hydrogen-bond acceptors (Lipinski definition) is 4. The summed E-state index contributed by atoms with van der Waals surface area (Å²) in [6.07, 6.45) is 3.68. The van der Waals surface area contributed by atoms with E-state index in [9.17, 15) is 4.79 Å². The fourth-order valence-electron chi connectivity index (χ4n) is 2.50. The number of ether oxygens (including phenoxy) is 1. The zero-order valence-electron chi connectivity index (χ0n) is 11.8. The van der Waals surface area contributed by atoms with E-state index in [0.717, 1.165) is 18.9 Å². The van der Waals surface area contributed by atoms with E-state index in [1.54, 1.807) is 13.3 Å². The van der Waals surface area contributed by atoms with E-state index in [4.69, 9.17) is 4.74 Å². The van der Waals surface area contributed by atoms with Crippen LogP contribution in [0.3, 0.4) is 0 Å². The predicted octanol–water partition coefficient (Wildman–Crippen LogP) is 0.176. The lowest BCUT2D eigenvalue weighted by Crippen LogP contribution is -2.51. The van der Waals surface area contributed by atoms with Crippen LogP contribution in [0.2, 0.25) is 0 Å². The van der Waals surface area contributed by atoms with Gasteiger partial charge in [0.2, 0.25) is 5.91 Å². The Hall–Kier alpha value is -1.40. The van der Waals surface area contributed by atoms with Crippen LogP contribution in [0.1, 0.15) is 18.8 Å². The van der Waals surface area contributed by atoms with Crippen LogP contribution >= 0.6 is 0 Å². The van der Waals surface area contributed by atoms with E-state index in [1.165, 1.54) is 0 Å². The predicted molar refractivity (Wildman–Crippen MR) is 71.6 cm³/mol. The maximum Gasteiger partial charge on any atom is 0.228 e. The molecule has 2 heterocycles. The second kappa shape index (κ2) is 6.16. The molecule has 1 amide bonds. The molecule has 1 aliphatic heterocycles. The molecular weight excluding hydrogens is 244 g/mol. The Morgan fingerprint density at radius 3 is 3.11 bits per heavy atom. The fraction of sp³-hybridized carbons (Fsp3) is 0.692. The first-order valence-corrected chi connectivity index (χ1v) is 6.62. The van der Waals surface area contributed by atoms with Gasteiger partial charge in [-0.2, -0.15) is 0 Å². The summed E-state index contributed by atoms with van der Waals surface area (Å²) in [4.78, 5) is 18.8. The molecule has 19 heavy (non-hydrogen) atoms. The summed E-state index contributed by atoms with van der Waals surface area (Å²) in [6.45, 7) is 4.65. The minimum absolute atomic E-state index is 0.000515. The standard InChI is InChI=1S/C13H22N4O2/c1-10(9-19-3)13(18)17-7-4-14-8-11(17)12-15-5-6-16(12)2/h5-6,10-11,14H,4,7-9H2,1-3H3. The molecule has 1 aliphatic rings. The van der Waals surface area contributed by atoms with Gasteiger partial charge in [0.25, 0.3) is 0 Å². The smallest absolute Gasteiger partial charge is 0.228 e. The molecule has 0 aromatic carbocycles. The highest BCUT2D eigenvalue weighted by Crippen LogP contribution is 2.22. The third-order valence-corrected chi connectivity index (χ3v) is 3.52. The lowest BCUT2D eigenvalue weighted by Gasteiger charge is -2.37. The quantitative estimate of drug-likeness (QED) is 0.844. The number of carbonyl (C=O) groups excluding carboxylic acids is 1. The number of rotatable bonds is 4. The van der Waals surface area contributed by atoms with Gasteiger partial charge in [-0.25, -0.2) is 4.98 Å². The molecule has 0 saturated carbocycles. The number of aromatic nitrogens is 2. The Bertz CT molecular complexity index is 432. The third kappa shape index (κ3) is 2.96. The van der Waals surface area contributed by atoms with Crippen molar-refractivity contribution in [2.24, 2.45) is 13.0 Å². The molecule has 1 fully saturated rings. The zero-order chi connectivity index (χ0) is 13.8. The average molecular weight is 266 g/mol. The maximum atomic E-state index is 12.5. The van der Waals surface area contributed by atoms with Crippen LogP contribution in [0.15, 0.2) is 12.4 Å². The van der Waals surface area contributed by atoms with E-state index < -0.39 is 0 Å². The van der Waals surface area contributed by atoms with Crippen molar-refractivity contribution in [2.75, 3.05) is 33.4 Å². The molecule has 0 aliphatic carbocycles. The molecule has 106 valence electrons. The molecule has 6 nitrogen and oxygen atoms in total. The molecule has 2 rings (SSSR count). The lowest BCUT2D eigenvalue weighted by atomic mass is 10.1. The molecule has 6 heteroatoms. The highest BCUT2D eigenvalue weighted by atomic mass is 16.5. The molecule has 0 spiro atoms. The normalized spacial score (nSPS) is 21.4. The van der Waals surface area contributed by atoms with Crippen LogP contribution in [0.4, 0.5) is 0 Å². The summed E-state index contributed by atoms with van der Waals surface area (Å²) in [5.74, 6) is 0.937. The largest absolute Gasteiger partial charge is 0.384 e. The van der Waals surface area contributed by atoms with Gasteiger partial charge in [0.15, 0.2) is 0 Å². The first kappa shape index (κ1) is 14.0. The number of nitrogens with one attached hydrogen (secondary N) is 1. The second-order valence-corrected chi connectivity index (χ2v) is 5.00. The van der Waals surface area contributed by atoms with E-state index in [0.29, 0.717) is 13.2 Å². The van der Waals surface area contributed by atoms with Gasteiger partial charge in [-0.05, 0) is 0 Å². The summed E-state index contributed by atoms with van der Waals surface area (Å²) in [5, 5.41) is 3.33. The molecule has 0 radical (unpaired) electrons. The van der Waals surface area contributed by atoms with Gasteiger partial charge in [0.05, 0.1) is 12.5 Å². The van der Waals surface area contributed by atoms with Gasteiger partial charge < -0.3 is 19.5 Å². The van der Waals surface area contributed by atoms with Crippen molar-refractivity contribution in [2.45, 2.75) is 13.0 Å². The van der Waals surface area contributed by atoms with Crippen molar-refractivity contribution in [3.05, 3.63) is 18.2 Å². The highest BCUT2D eigenvalue weighted by Gasteiger charge is 2.32. The summed E-state index contributed by atoms with van der Waals surface area (Å²) in [7, 11) is 3.58. The topological polar surface area (TPSA) is 59.4 Å². The van der Waals surface area contributed by atoms with Crippen molar-refractivity contribution in [3.8, 4) is 0 Å². The van der Waals surface area contributed by atoms with Crippen LogP contribution in [0.5, 0.6) is 0 Å². The van der Waals surface area contributed by atoms with Crippen LogP contribution in [0, 0.1) is 5.92 Å². The second-order valence-electron chi connectivity index (χ2n) is 5.00. The minimum atomic E-state index is -0.120. The Labute approximate surface area is 113 Å². The lowest BCUT2D eigenvalue weighted by molar-refractivity contribution is -0.140. The molecular formula is C13H22N4O2. The average Bonchev–Trinajstić information content (AvgIpc) is 2.84. The molecule has 2 atom stereocenters. The number of nitrogens with zero attached hydrogens (tertiary/aromatic N) is 3. The van der Waals surface area contributed by atoms with E-state index in [1.807, 2.05) is 29.6 Å². The first-order valence-electron chi connectivity index (χ1n) is 6.62. The van der Waals surface area contributed by atoms with Crippen molar-refractivity contribution >= 4 is 5.91 Å². The number of aryl methyl sites for hydroxylation is 1. The van der Waals surface area contributed by atoms with Crippen LogP contribution in [0.25, 0.3) is 0 Å². The highest BCUT2D eigenvalue weighted by molar-refractivity contribution is 5.79. The number of piperazine rings is 1. The number of imidazole rings is 1. The summed E-state index contributed by atoms with van der Waals surface area (Å²) in [5.41, 5.74) is 0. The van der Waals surface area contributed by atoms with Gasteiger partial charge >= 0.3 is 0 Å². The summed E-state index contributed by atoms with van der Waals surface area (Å²) < 4.78 is 7.05. The van der Waals surface area contributed by atoms with E-state index in [2.05, 4.69) is 10.3 Å². The third-order valence-electron chi connectivity index (χ3n) is 3.52. The Kier molecular flexibility index (Phi) is 4.55. The SMILES string of the molecule is COCC(C)C(=O)N1CCNCC1c1nccn1C. The Balaban J connectivity index is 2.17. The number of hydrogen-bond donors (Lipinski definition) is 1. The van der Waals surface area contributed by atoms with Crippen LogP contribution < -0.4 is 5.32 Å². The van der Waals surface area contributed by atoms with Gasteiger partial charge in [-0.1, -0.05) is 6.92 Å². The van der Waals surface area contributed by atoms with Crippen molar-refractivity contribution in [1.82, 2.24) is 19.8 Å². The number of amides is 1. The first-order chi connectivity index (χ1) is 9.15. The molecule has 1 saturated heterocycles. The zero-order valence-corrected chi connectivity index (χ0v) is 11.8. The van der Waals surface area contributed by atoms with Gasteiger partial charge in [0, 0.05) is 46.2 Å². The minimum Gasteiger partial charge on any atom is -0.384 e. The van der Waals surface area contributed by atoms with E-state index in [-0.39, 0.29) is 17.9 Å². The maximum absolute atomic E-state index is 12.5. The van der Waals surface area contributed by atoms with Crippen molar-refractivity contribution in [1.29, 1.82) is 0 Å². The number of methoxy groups -OCH3 is 1. The van der Waals surface area contributed by atoms with Crippen LogP contribution in [-0.4, -0.2) is 53.7 Å². The number of carbonyl (C=O) groups is 1. The molecule has 1 N–H and O–H groups in total. The van der Waals surface area contributed by atoms with Gasteiger partial charge in [-0.3, -0.25) is 4.79 Å².